The van der Waals surface area contributed by atoms with E-state index < -0.39 is 5.97 Å². The fourth-order valence-electron chi connectivity index (χ4n) is 2.61. The first-order chi connectivity index (χ1) is 6.79. The molecule has 0 aromatic carbocycles. The van der Waals surface area contributed by atoms with Crippen LogP contribution in [-0.2, 0) is 9.53 Å². The third-order valence-corrected chi connectivity index (χ3v) is 3.45. The lowest BCUT2D eigenvalue weighted by Gasteiger charge is -2.29. The number of carboxylic acid groups (broad SMARTS) is 1. The van der Waals surface area contributed by atoms with Gasteiger partial charge in [0.1, 0.15) is 0 Å². The molecule has 2 atom stereocenters. The maximum absolute atomic E-state index is 11.0. The molecule has 0 unspecified atom stereocenters. The number of halogens is 1. The minimum Gasteiger partial charge on any atom is -0.481 e. The van der Waals surface area contributed by atoms with Crippen molar-refractivity contribution >= 4 is 18.4 Å². The van der Waals surface area contributed by atoms with E-state index in [1.54, 1.807) is 0 Å². The smallest absolute Gasteiger partial charge is 0.308 e. The van der Waals surface area contributed by atoms with E-state index in [1.165, 1.54) is 0 Å². The first-order valence-electron chi connectivity index (χ1n) is 5.30. The highest BCUT2D eigenvalue weighted by atomic mass is 35.5. The van der Waals surface area contributed by atoms with E-state index in [0.717, 1.165) is 32.6 Å². The molecular formula is C10H18ClNO3. The number of ether oxygens (including phenoxy) is 1. The summed E-state index contributed by atoms with van der Waals surface area (Å²) in [6.45, 7) is 3.10. The van der Waals surface area contributed by atoms with Crippen molar-refractivity contribution in [3.63, 3.8) is 0 Å². The number of hydrogen-bond acceptors (Lipinski definition) is 3. The summed E-state index contributed by atoms with van der Waals surface area (Å²) in [5.41, 5.74) is 0. The van der Waals surface area contributed by atoms with Crippen molar-refractivity contribution in [2.75, 3.05) is 26.3 Å². The Labute approximate surface area is 95.8 Å². The molecule has 2 saturated heterocycles. The van der Waals surface area contributed by atoms with E-state index in [1.807, 2.05) is 0 Å². The van der Waals surface area contributed by atoms with Crippen LogP contribution in [0, 0.1) is 17.8 Å². The summed E-state index contributed by atoms with van der Waals surface area (Å²) < 4.78 is 5.29. The summed E-state index contributed by atoms with van der Waals surface area (Å²) in [7, 11) is 0. The lowest BCUT2D eigenvalue weighted by molar-refractivity contribution is -0.143. The largest absolute Gasteiger partial charge is 0.481 e. The van der Waals surface area contributed by atoms with Crippen LogP contribution >= 0.6 is 12.4 Å². The van der Waals surface area contributed by atoms with Crippen molar-refractivity contribution in [1.82, 2.24) is 5.32 Å². The van der Waals surface area contributed by atoms with Crippen molar-refractivity contribution < 1.29 is 14.6 Å². The second-order valence-electron chi connectivity index (χ2n) is 4.22. The third-order valence-electron chi connectivity index (χ3n) is 3.45. The molecule has 2 fully saturated rings. The second kappa shape index (κ2) is 5.68. The van der Waals surface area contributed by atoms with E-state index in [9.17, 15) is 4.79 Å². The zero-order valence-corrected chi connectivity index (χ0v) is 9.46. The molecule has 88 valence electrons. The normalized spacial score (nSPS) is 32.3. The fourth-order valence-corrected chi connectivity index (χ4v) is 2.61. The van der Waals surface area contributed by atoms with E-state index in [-0.39, 0.29) is 18.3 Å². The molecule has 2 aliphatic heterocycles. The van der Waals surface area contributed by atoms with Crippen molar-refractivity contribution in [3.05, 3.63) is 0 Å². The molecule has 4 nitrogen and oxygen atoms in total. The molecule has 0 spiro atoms. The van der Waals surface area contributed by atoms with Gasteiger partial charge in [-0.2, -0.15) is 0 Å². The summed E-state index contributed by atoms with van der Waals surface area (Å²) in [6.07, 6.45) is 2.05. The number of carbonyl (C=O) groups is 1. The molecule has 2 rings (SSSR count). The molecule has 15 heavy (non-hydrogen) atoms. The number of hydrogen-bond donors (Lipinski definition) is 2. The van der Waals surface area contributed by atoms with Gasteiger partial charge in [-0.25, -0.2) is 0 Å². The average Bonchev–Trinajstić information content (AvgIpc) is 2.67. The van der Waals surface area contributed by atoms with Gasteiger partial charge in [0.25, 0.3) is 0 Å². The van der Waals surface area contributed by atoms with Crippen LogP contribution in [0.25, 0.3) is 0 Å². The van der Waals surface area contributed by atoms with Crippen LogP contribution in [0.1, 0.15) is 12.8 Å². The van der Waals surface area contributed by atoms with Crippen molar-refractivity contribution in [1.29, 1.82) is 0 Å². The molecule has 2 aliphatic rings. The Hall–Kier alpha value is -0.320. The van der Waals surface area contributed by atoms with Gasteiger partial charge >= 0.3 is 5.97 Å². The van der Waals surface area contributed by atoms with Crippen LogP contribution < -0.4 is 5.32 Å². The van der Waals surface area contributed by atoms with Gasteiger partial charge in [0, 0.05) is 19.8 Å². The van der Waals surface area contributed by atoms with E-state index in [2.05, 4.69) is 5.32 Å². The van der Waals surface area contributed by atoms with Gasteiger partial charge in [-0.05, 0) is 31.2 Å². The predicted octanol–water partition coefficient (Wildman–Crippen LogP) is 0.755. The SMILES string of the molecule is Cl.O=C(O)[C@@H]1CNC[C@H]1C1CCOCC1. The molecule has 0 aliphatic carbocycles. The highest BCUT2D eigenvalue weighted by molar-refractivity contribution is 5.85. The maximum Gasteiger partial charge on any atom is 0.308 e. The topological polar surface area (TPSA) is 58.6 Å². The van der Waals surface area contributed by atoms with Crippen LogP contribution in [0.2, 0.25) is 0 Å². The van der Waals surface area contributed by atoms with Gasteiger partial charge < -0.3 is 15.2 Å². The Morgan fingerprint density at radius 3 is 2.53 bits per heavy atom. The zero-order valence-electron chi connectivity index (χ0n) is 8.65. The van der Waals surface area contributed by atoms with Gasteiger partial charge in [0.2, 0.25) is 0 Å². The van der Waals surface area contributed by atoms with Gasteiger partial charge in [0.15, 0.2) is 0 Å². The molecular weight excluding hydrogens is 218 g/mol. The molecule has 0 radical (unpaired) electrons. The van der Waals surface area contributed by atoms with E-state index in [4.69, 9.17) is 9.84 Å². The van der Waals surface area contributed by atoms with Crippen LogP contribution in [0.3, 0.4) is 0 Å². The van der Waals surface area contributed by atoms with E-state index in [0.29, 0.717) is 18.4 Å². The lowest BCUT2D eigenvalue weighted by Crippen LogP contribution is -2.31. The number of nitrogens with one attached hydrogen (secondary N) is 1. The standard InChI is InChI=1S/C10H17NO3.ClH/c12-10(13)9-6-11-5-8(9)7-1-3-14-4-2-7;/h7-9,11H,1-6H2,(H,12,13);1H/t8-,9+;/m0./s1. The van der Waals surface area contributed by atoms with E-state index >= 15 is 0 Å². The molecule has 0 aromatic heterocycles. The highest BCUT2D eigenvalue weighted by Crippen LogP contribution is 2.31. The molecule has 2 heterocycles. The Balaban J connectivity index is 0.00000112. The molecule has 2 N–H and O–H groups in total. The zero-order chi connectivity index (χ0) is 9.97. The molecule has 0 aromatic rings. The highest BCUT2D eigenvalue weighted by Gasteiger charge is 2.38. The summed E-state index contributed by atoms with van der Waals surface area (Å²) in [6, 6.07) is 0. The minimum atomic E-state index is -0.647. The van der Waals surface area contributed by atoms with Gasteiger partial charge in [-0.3, -0.25) is 4.79 Å². The summed E-state index contributed by atoms with van der Waals surface area (Å²) in [5.74, 6) is 0.0286. The van der Waals surface area contributed by atoms with Gasteiger partial charge in [0.05, 0.1) is 5.92 Å². The first-order valence-corrected chi connectivity index (χ1v) is 5.30. The number of aliphatic carboxylic acids is 1. The fraction of sp³-hybridized carbons (Fsp3) is 0.900. The molecule has 0 bridgehead atoms. The monoisotopic (exact) mass is 235 g/mol. The van der Waals surface area contributed by atoms with Crippen LogP contribution in [-0.4, -0.2) is 37.4 Å². The van der Waals surface area contributed by atoms with Crippen molar-refractivity contribution in [2.24, 2.45) is 17.8 Å². The van der Waals surface area contributed by atoms with Crippen LogP contribution in [0.4, 0.5) is 0 Å². The Morgan fingerprint density at radius 2 is 1.93 bits per heavy atom. The van der Waals surface area contributed by atoms with Crippen molar-refractivity contribution in [3.8, 4) is 0 Å². The van der Waals surface area contributed by atoms with Gasteiger partial charge in [-0.1, -0.05) is 0 Å². The summed E-state index contributed by atoms with van der Waals surface area (Å²) >= 11 is 0. The molecule has 5 heteroatoms. The molecule has 0 saturated carbocycles. The van der Waals surface area contributed by atoms with Crippen LogP contribution in [0.15, 0.2) is 0 Å². The predicted molar refractivity (Wildman–Crippen MR) is 58.3 cm³/mol. The van der Waals surface area contributed by atoms with Crippen LogP contribution in [0.5, 0.6) is 0 Å². The number of rotatable bonds is 2. The Morgan fingerprint density at radius 1 is 1.27 bits per heavy atom. The molecule has 0 amide bonds. The first kappa shape index (κ1) is 12.7. The quantitative estimate of drug-likeness (QED) is 0.742. The number of carboxylic acids is 1. The average molecular weight is 236 g/mol. The van der Waals surface area contributed by atoms with Gasteiger partial charge in [-0.15, -0.1) is 12.4 Å². The second-order valence-corrected chi connectivity index (χ2v) is 4.22. The van der Waals surface area contributed by atoms with Crippen molar-refractivity contribution in [2.45, 2.75) is 12.8 Å². The minimum absolute atomic E-state index is 0. The Bertz CT molecular complexity index is 219. The summed E-state index contributed by atoms with van der Waals surface area (Å²) in [4.78, 5) is 11.0. The third kappa shape index (κ3) is 2.83. The summed E-state index contributed by atoms with van der Waals surface area (Å²) in [5, 5.41) is 12.2. The maximum atomic E-state index is 11.0. The Kier molecular flexibility index (Phi) is 4.83. The lowest BCUT2D eigenvalue weighted by atomic mass is 9.80.